The Labute approximate surface area is 165 Å². The summed E-state index contributed by atoms with van der Waals surface area (Å²) in [6.45, 7) is 2.51. The van der Waals surface area contributed by atoms with Crippen molar-refractivity contribution in [3.05, 3.63) is 72.4 Å². The summed E-state index contributed by atoms with van der Waals surface area (Å²) >= 11 is 0. The molecule has 1 saturated heterocycles. The average molecular weight is 378 g/mol. The third-order valence-corrected chi connectivity index (χ3v) is 4.79. The first-order chi connectivity index (χ1) is 13.9. The number of benzene rings is 2. The molecule has 0 aliphatic carbocycles. The van der Waals surface area contributed by atoms with Crippen molar-refractivity contribution in [3.8, 4) is 17.0 Å². The van der Waals surface area contributed by atoms with E-state index in [-0.39, 0.29) is 6.29 Å². The minimum Gasteiger partial charge on any atom is -0.471 e. The van der Waals surface area contributed by atoms with Gasteiger partial charge in [0.2, 0.25) is 5.88 Å². The zero-order chi connectivity index (χ0) is 19.0. The van der Waals surface area contributed by atoms with E-state index in [1.807, 2.05) is 47.3 Å². The van der Waals surface area contributed by atoms with Crippen LogP contribution < -0.4 is 4.74 Å². The molecule has 1 atom stereocenters. The van der Waals surface area contributed by atoms with Crippen molar-refractivity contribution in [1.82, 2.24) is 9.78 Å². The zero-order valence-corrected chi connectivity index (χ0v) is 16.0. The van der Waals surface area contributed by atoms with Gasteiger partial charge in [-0.05, 0) is 30.4 Å². The van der Waals surface area contributed by atoms with Crippen molar-refractivity contribution in [2.45, 2.75) is 38.7 Å². The first kappa shape index (κ1) is 18.7. The summed E-state index contributed by atoms with van der Waals surface area (Å²) in [5.74, 6) is 0.643. The second-order valence-corrected chi connectivity index (χ2v) is 6.92. The summed E-state index contributed by atoms with van der Waals surface area (Å²) in [6, 6.07) is 20.3. The molecule has 1 aliphatic rings. The van der Waals surface area contributed by atoms with Gasteiger partial charge < -0.3 is 14.2 Å². The Morgan fingerprint density at radius 1 is 1.00 bits per heavy atom. The summed E-state index contributed by atoms with van der Waals surface area (Å²) in [5, 5.41) is 4.66. The lowest BCUT2D eigenvalue weighted by molar-refractivity contribution is -0.163. The first-order valence-electron chi connectivity index (χ1n) is 9.91. The largest absolute Gasteiger partial charge is 0.471 e. The van der Waals surface area contributed by atoms with Crippen LogP contribution in [0.15, 0.2) is 66.9 Å². The number of hydrogen-bond acceptors (Lipinski definition) is 4. The summed E-state index contributed by atoms with van der Waals surface area (Å²) in [4.78, 5) is 0. The molecule has 2 aromatic carbocycles. The van der Waals surface area contributed by atoms with Crippen LogP contribution >= 0.6 is 0 Å². The predicted octanol–water partition coefficient (Wildman–Crippen LogP) is 4.67. The highest BCUT2D eigenvalue weighted by molar-refractivity contribution is 5.67. The SMILES string of the molecule is c1ccc(COc2nn(CCOC3CCCCO3)cc2-c2ccccc2)cc1. The first-order valence-corrected chi connectivity index (χ1v) is 9.91. The molecule has 1 aliphatic heterocycles. The van der Waals surface area contributed by atoms with Gasteiger partial charge in [-0.15, -0.1) is 5.10 Å². The fourth-order valence-electron chi connectivity index (χ4n) is 3.29. The quantitative estimate of drug-likeness (QED) is 0.571. The molecular formula is C23H26N2O3. The summed E-state index contributed by atoms with van der Waals surface area (Å²) in [5.41, 5.74) is 3.20. The maximum Gasteiger partial charge on any atom is 0.241 e. The molecular weight excluding hydrogens is 352 g/mol. The highest BCUT2D eigenvalue weighted by atomic mass is 16.7. The normalized spacial score (nSPS) is 16.8. The van der Waals surface area contributed by atoms with Crippen LogP contribution in [0.5, 0.6) is 5.88 Å². The highest BCUT2D eigenvalue weighted by Crippen LogP contribution is 2.29. The standard InChI is InChI=1S/C23H26N2O3/c1-3-9-19(10-4-1)18-28-23-21(20-11-5-2-6-12-20)17-25(24-23)14-16-27-22-13-7-8-15-26-22/h1-6,9-12,17,22H,7-8,13-16,18H2. The Bertz CT molecular complexity index is 843. The van der Waals surface area contributed by atoms with E-state index in [4.69, 9.17) is 14.2 Å². The number of nitrogens with zero attached hydrogens (tertiary/aromatic N) is 2. The number of rotatable bonds is 8. The van der Waals surface area contributed by atoms with Gasteiger partial charge in [-0.2, -0.15) is 0 Å². The van der Waals surface area contributed by atoms with Crippen molar-refractivity contribution in [1.29, 1.82) is 0 Å². The van der Waals surface area contributed by atoms with Crippen LogP contribution in [0.25, 0.3) is 11.1 Å². The summed E-state index contributed by atoms with van der Waals surface area (Å²) in [7, 11) is 0. The molecule has 2 heterocycles. The van der Waals surface area contributed by atoms with Gasteiger partial charge in [0.05, 0.1) is 18.7 Å². The van der Waals surface area contributed by atoms with Crippen LogP contribution in [0.1, 0.15) is 24.8 Å². The Hall–Kier alpha value is -2.63. The van der Waals surface area contributed by atoms with Gasteiger partial charge in [0.25, 0.3) is 0 Å². The van der Waals surface area contributed by atoms with Crippen molar-refractivity contribution >= 4 is 0 Å². The monoisotopic (exact) mass is 378 g/mol. The van der Waals surface area contributed by atoms with Crippen LogP contribution in [0.3, 0.4) is 0 Å². The van der Waals surface area contributed by atoms with Crippen molar-refractivity contribution in [3.63, 3.8) is 0 Å². The average Bonchev–Trinajstić information content (AvgIpc) is 3.17. The molecule has 0 bridgehead atoms. The molecule has 0 N–H and O–H groups in total. The van der Waals surface area contributed by atoms with E-state index in [9.17, 15) is 0 Å². The minimum absolute atomic E-state index is 0.0771. The van der Waals surface area contributed by atoms with E-state index in [1.54, 1.807) is 0 Å². The zero-order valence-electron chi connectivity index (χ0n) is 16.0. The Morgan fingerprint density at radius 2 is 1.79 bits per heavy atom. The van der Waals surface area contributed by atoms with Gasteiger partial charge in [-0.25, -0.2) is 0 Å². The topological polar surface area (TPSA) is 45.5 Å². The predicted molar refractivity (Wildman–Crippen MR) is 108 cm³/mol. The Balaban J connectivity index is 1.44. The van der Waals surface area contributed by atoms with E-state index < -0.39 is 0 Å². The molecule has 0 saturated carbocycles. The van der Waals surface area contributed by atoms with Crippen LogP contribution in [0.4, 0.5) is 0 Å². The molecule has 0 spiro atoms. The second kappa shape index (κ2) is 9.53. The maximum atomic E-state index is 6.06. The smallest absolute Gasteiger partial charge is 0.241 e. The Morgan fingerprint density at radius 3 is 2.54 bits per heavy atom. The number of ether oxygens (including phenoxy) is 3. The van der Waals surface area contributed by atoms with Crippen LogP contribution in [0.2, 0.25) is 0 Å². The van der Waals surface area contributed by atoms with Gasteiger partial charge in [0.15, 0.2) is 6.29 Å². The van der Waals surface area contributed by atoms with E-state index in [1.165, 1.54) is 6.42 Å². The van der Waals surface area contributed by atoms with Crippen molar-refractivity contribution in [2.24, 2.45) is 0 Å². The molecule has 1 aromatic heterocycles. The molecule has 1 fully saturated rings. The molecule has 3 aromatic rings. The number of hydrogen-bond donors (Lipinski definition) is 0. The number of aromatic nitrogens is 2. The lowest BCUT2D eigenvalue weighted by Gasteiger charge is -2.22. The molecule has 146 valence electrons. The minimum atomic E-state index is -0.0771. The molecule has 5 heteroatoms. The van der Waals surface area contributed by atoms with Crippen LogP contribution in [-0.2, 0) is 22.6 Å². The van der Waals surface area contributed by atoms with E-state index in [0.29, 0.717) is 25.6 Å². The van der Waals surface area contributed by atoms with E-state index in [0.717, 1.165) is 36.1 Å². The molecule has 0 radical (unpaired) electrons. The van der Waals surface area contributed by atoms with Crippen molar-refractivity contribution < 1.29 is 14.2 Å². The molecule has 28 heavy (non-hydrogen) atoms. The van der Waals surface area contributed by atoms with Gasteiger partial charge in [0.1, 0.15) is 6.61 Å². The molecule has 4 rings (SSSR count). The fourth-order valence-corrected chi connectivity index (χ4v) is 3.29. The lowest BCUT2D eigenvalue weighted by atomic mass is 10.1. The van der Waals surface area contributed by atoms with Gasteiger partial charge >= 0.3 is 0 Å². The molecule has 0 amide bonds. The van der Waals surface area contributed by atoms with E-state index in [2.05, 4.69) is 29.4 Å². The summed E-state index contributed by atoms with van der Waals surface area (Å²) in [6.07, 6.45) is 5.22. The molecule has 5 nitrogen and oxygen atoms in total. The lowest BCUT2D eigenvalue weighted by Crippen LogP contribution is -2.24. The van der Waals surface area contributed by atoms with Crippen LogP contribution in [-0.4, -0.2) is 29.3 Å². The summed E-state index contributed by atoms with van der Waals surface area (Å²) < 4.78 is 19.4. The fraction of sp³-hybridized carbons (Fsp3) is 0.348. The van der Waals surface area contributed by atoms with Gasteiger partial charge in [-0.1, -0.05) is 60.7 Å². The van der Waals surface area contributed by atoms with Crippen LogP contribution in [0, 0.1) is 0 Å². The van der Waals surface area contributed by atoms with E-state index >= 15 is 0 Å². The highest BCUT2D eigenvalue weighted by Gasteiger charge is 2.15. The van der Waals surface area contributed by atoms with Gasteiger partial charge in [-0.3, -0.25) is 4.68 Å². The maximum absolute atomic E-state index is 6.06. The Kier molecular flexibility index (Phi) is 6.37. The van der Waals surface area contributed by atoms with Gasteiger partial charge in [0, 0.05) is 12.8 Å². The molecule has 1 unspecified atom stereocenters. The third-order valence-electron chi connectivity index (χ3n) is 4.79. The second-order valence-electron chi connectivity index (χ2n) is 6.92. The van der Waals surface area contributed by atoms with Crippen molar-refractivity contribution in [2.75, 3.05) is 13.2 Å². The third kappa shape index (κ3) is 5.00.